The van der Waals surface area contributed by atoms with E-state index < -0.39 is 0 Å². The van der Waals surface area contributed by atoms with Crippen LogP contribution >= 0.6 is 0 Å². The van der Waals surface area contributed by atoms with E-state index >= 15 is 0 Å². The van der Waals surface area contributed by atoms with Gasteiger partial charge in [0.15, 0.2) is 0 Å². The van der Waals surface area contributed by atoms with E-state index in [9.17, 15) is 4.79 Å². The Hall–Kier alpha value is -0.850. The van der Waals surface area contributed by atoms with Crippen LogP contribution < -0.4 is 0 Å². The van der Waals surface area contributed by atoms with E-state index in [0.717, 1.165) is 24.7 Å². The number of rotatable bonds is 5. The van der Waals surface area contributed by atoms with E-state index in [1.54, 1.807) is 22.3 Å². The molecule has 2 fully saturated rings. The lowest BCUT2D eigenvalue weighted by Crippen LogP contribution is -2.08. The number of allylic oxidation sites excluding steroid dienone is 4. The van der Waals surface area contributed by atoms with Crippen LogP contribution in [0.3, 0.4) is 0 Å². The molecule has 1 nitrogen and oxygen atoms in total. The van der Waals surface area contributed by atoms with Gasteiger partial charge in [0.25, 0.3) is 0 Å². The zero-order chi connectivity index (χ0) is 12.8. The summed E-state index contributed by atoms with van der Waals surface area (Å²) in [5.41, 5.74) is 6.68. The van der Waals surface area contributed by atoms with Crippen LogP contribution in [0.1, 0.15) is 64.2 Å². The van der Waals surface area contributed by atoms with Crippen molar-refractivity contribution in [1.29, 1.82) is 0 Å². The van der Waals surface area contributed by atoms with Crippen molar-refractivity contribution in [3.63, 3.8) is 0 Å². The molecule has 1 radical (unpaired) electrons. The second-order valence-electron chi connectivity index (χ2n) is 7.26. The Morgan fingerprint density at radius 2 is 1.42 bits per heavy atom. The fourth-order valence-corrected chi connectivity index (χ4v) is 5.04. The van der Waals surface area contributed by atoms with Gasteiger partial charge < -0.3 is 0 Å². The summed E-state index contributed by atoms with van der Waals surface area (Å²) < 4.78 is 0. The Bertz CT molecular complexity index is 428. The van der Waals surface area contributed by atoms with Gasteiger partial charge in [0.2, 0.25) is 6.29 Å². The standard InChI is InChI=1S/C18H23O/c19-11-14(9-17-7-12-1-3-15(17)5-12)10-18-8-13-2-4-16(18)6-13/h12-14H,1-10H2. The third kappa shape index (κ3) is 2.11. The molecule has 101 valence electrons. The molecule has 0 heterocycles. The summed E-state index contributed by atoms with van der Waals surface area (Å²) in [5.74, 6) is 2.02. The average molecular weight is 255 g/mol. The first-order valence-electron chi connectivity index (χ1n) is 8.09. The van der Waals surface area contributed by atoms with E-state index in [2.05, 4.69) is 6.29 Å². The molecule has 0 aromatic heterocycles. The molecule has 1 heteroatoms. The second kappa shape index (κ2) is 4.61. The van der Waals surface area contributed by atoms with E-state index in [1.807, 2.05) is 0 Å². The van der Waals surface area contributed by atoms with Crippen LogP contribution in [-0.2, 0) is 4.79 Å². The van der Waals surface area contributed by atoms with Crippen LogP contribution in [0.4, 0.5) is 0 Å². The minimum atomic E-state index is 0.156. The maximum atomic E-state index is 11.3. The van der Waals surface area contributed by atoms with Crippen LogP contribution in [0.25, 0.3) is 0 Å². The predicted octanol–water partition coefficient (Wildman–Crippen LogP) is 4.49. The summed E-state index contributed by atoms with van der Waals surface area (Å²) in [5, 5.41) is 0. The molecule has 4 rings (SSSR count). The zero-order valence-electron chi connectivity index (χ0n) is 11.7. The Labute approximate surface area is 116 Å². The minimum Gasteiger partial charge on any atom is -0.291 e. The molecule has 2 unspecified atom stereocenters. The lowest BCUT2D eigenvalue weighted by Gasteiger charge is -2.18. The van der Waals surface area contributed by atoms with Crippen LogP contribution in [0, 0.1) is 17.8 Å². The predicted molar refractivity (Wildman–Crippen MR) is 76.4 cm³/mol. The summed E-state index contributed by atoms with van der Waals surface area (Å²) in [4.78, 5) is 11.3. The fourth-order valence-electron chi connectivity index (χ4n) is 5.04. The van der Waals surface area contributed by atoms with Gasteiger partial charge in [0, 0.05) is 5.92 Å². The maximum absolute atomic E-state index is 11.3. The van der Waals surface area contributed by atoms with Gasteiger partial charge in [-0.2, -0.15) is 0 Å². The van der Waals surface area contributed by atoms with Crippen LogP contribution in [0.2, 0.25) is 0 Å². The van der Waals surface area contributed by atoms with Gasteiger partial charge in [-0.05, 0) is 76.0 Å². The zero-order valence-corrected chi connectivity index (χ0v) is 11.7. The van der Waals surface area contributed by atoms with Crippen molar-refractivity contribution in [1.82, 2.24) is 0 Å². The minimum absolute atomic E-state index is 0.156. The van der Waals surface area contributed by atoms with E-state index in [0.29, 0.717) is 0 Å². The molecular formula is C18H23O. The maximum Gasteiger partial charge on any atom is 0.202 e. The first kappa shape index (κ1) is 11.9. The van der Waals surface area contributed by atoms with Crippen molar-refractivity contribution < 1.29 is 4.79 Å². The molecule has 0 amide bonds. The number of hydrogen-bond donors (Lipinski definition) is 0. The van der Waals surface area contributed by atoms with Crippen LogP contribution in [0.15, 0.2) is 22.3 Å². The van der Waals surface area contributed by atoms with Crippen LogP contribution in [-0.4, -0.2) is 6.29 Å². The third-order valence-corrected chi connectivity index (χ3v) is 6.00. The number of hydrogen-bond acceptors (Lipinski definition) is 1. The van der Waals surface area contributed by atoms with Crippen molar-refractivity contribution >= 4 is 6.29 Å². The Balaban J connectivity index is 1.43. The second-order valence-corrected chi connectivity index (χ2v) is 7.26. The first-order chi connectivity index (χ1) is 9.31. The van der Waals surface area contributed by atoms with Crippen molar-refractivity contribution in [3.8, 4) is 0 Å². The van der Waals surface area contributed by atoms with Gasteiger partial charge in [-0.25, -0.2) is 0 Å². The number of fused-ring (bicyclic) bond motifs is 4. The molecule has 0 aromatic carbocycles. The highest BCUT2D eigenvalue weighted by atomic mass is 16.1. The highest BCUT2D eigenvalue weighted by molar-refractivity contribution is 5.56. The molecule has 0 saturated heterocycles. The molecule has 2 saturated carbocycles. The average Bonchev–Trinajstić information content (AvgIpc) is 3.18. The number of carbonyl (C=O) groups excluding carboxylic acids is 1. The van der Waals surface area contributed by atoms with Gasteiger partial charge in [0.1, 0.15) is 0 Å². The molecule has 0 aromatic rings. The van der Waals surface area contributed by atoms with E-state index in [1.165, 1.54) is 51.4 Å². The Morgan fingerprint density at radius 3 is 1.74 bits per heavy atom. The van der Waals surface area contributed by atoms with E-state index in [4.69, 9.17) is 0 Å². The topological polar surface area (TPSA) is 17.1 Å². The highest BCUT2D eigenvalue weighted by Crippen LogP contribution is 2.48. The molecule has 4 bridgehead atoms. The molecule has 0 aliphatic heterocycles. The molecule has 19 heavy (non-hydrogen) atoms. The summed E-state index contributed by atoms with van der Waals surface area (Å²) in [6, 6.07) is 0. The van der Waals surface area contributed by atoms with Gasteiger partial charge >= 0.3 is 0 Å². The third-order valence-electron chi connectivity index (χ3n) is 6.00. The Morgan fingerprint density at radius 1 is 0.895 bits per heavy atom. The summed E-state index contributed by atoms with van der Waals surface area (Å²) in [6.45, 7) is 0. The monoisotopic (exact) mass is 255 g/mol. The molecule has 0 spiro atoms. The quantitative estimate of drug-likeness (QED) is 0.661. The molecule has 2 atom stereocenters. The summed E-state index contributed by atoms with van der Waals surface area (Å²) in [7, 11) is 0. The Kier molecular flexibility index (Phi) is 2.90. The fraction of sp³-hybridized carbons (Fsp3) is 0.722. The summed E-state index contributed by atoms with van der Waals surface area (Å²) in [6.07, 6.45) is 15.1. The lowest BCUT2D eigenvalue weighted by molar-refractivity contribution is 0.489. The first-order valence-corrected chi connectivity index (χ1v) is 8.09. The van der Waals surface area contributed by atoms with E-state index in [-0.39, 0.29) is 5.92 Å². The van der Waals surface area contributed by atoms with Gasteiger partial charge in [0.05, 0.1) is 0 Å². The van der Waals surface area contributed by atoms with Crippen molar-refractivity contribution in [2.24, 2.45) is 17.8 Å². The van der Waals surface area contributed by atoms with Gasteiger partial charge in [-0.3, -0.25) is 4.79 Å². The molecule has 4 aliphatic rings. The molecule has 0 N–H and O–H groups in total. The van der Waals surface area contributed by atoms with Crippen LogP contribution in [0.5, 0.6) is 0 Å². The largest absolute Gasteiger partial charge is 0.291 e. The van der Waals surface area contributed by atoms with Gasteiger partial charge in [-0.1, -0.05) is 22.3 Å². The van der Waals surface area contributed by atoms with Crippen molar-refractivity contribution in [3.05, 3.63) is 22.3 Å². The summed E-state index contributed by atoms with van der Waals surface area (Å²) >= 11 is 0. The van der Waals surface area contributed by atoms with Crippen molar-refractivity contribution in [2.75, 3.05) is 0 Å². The lowest BCUT2D eigenvalue weighted by atomic mass is 9.86. The van der Waals surface area contributed by atoms with Gasteiger partial charge in [-0.15, -0.1) is 0 Å². The molecule has 4 aliphatic carbocycles. The smallest absolute Gasteiger partial charge is 0.202 e. The highest BCUT2D eigenvalue weighted by Gasteiger charge is 2.33. The normalized spacial score (nSPS) is 33.7. The molecular weight excluding hydrogens is 232 g/mol. The van der Waals surface area contributed by atoms with Crippen molar-refractivity contribution in [2.45, 2.75) is 64.2 Å². The SMILES string of the molecule is O=[C]C(CC1=C2CCC(C2)C1)CC1=C2CCC(C2)C1.